The van der Waals surface area contributed by atoms with Crippen LogP contribution in [0.5, 0.6) is 0 Å². The average molecular weight is 417 g/mol. The lowest BCUT2D eigenvalue weighted by Gasteiger charge is -2.19. The number of ether oxygens (including phenoxy) is 1. The number of nitrogens with one attached hydrogen (secondary N) is 1. The molecule has 0 heterocycles. The minimum atomic E-state index is -0.590. The third kappa shape index (κ3) is 6.61. The van der Waals surface area contributed by atoms with E-state index in [1.165, 1.54) is 11.9 Å². The van der Waals surface area contributed by atoms with E-state index < -0.39 is 24.4 Å². The third-order valence-electron chi connectivity index (χ3n) is 4.27. The molecule has 0 fully saturated rings. The van der Waals surface area contributed by atoms with Crippen LogP contribution in [0.15, 0.2) is 48.5 Å². The van der Waals surface area contributed by atoms with Crippen molar-refractivity contribution in [2.45, 2.75) is 26.2 Å². The molecule has 6 nitrogen and oxygen atoms in total. The van der Waals surface area contributed by atoms with Gasteiger partial charge in [-0.25, -0.2) is 4.79 Å². The zero-order valence-corrected chi connectivity index (χ0v) is 17.7. The van der Waals surface area contributed by atoms with E-state index in [1.807, 2.05) is 12.1 Å². The van der Waals surface area contributed by atoms with Crippen LogP contribution in [-0.2, 0) is 19.7 Å². The van der Waals surface area contributed by atoms with Gasteiger partial charge in [0.15, 0.2) is 6.61 Å². The summed E-state index contributed by atoms with van der Waals surface area (Å²) in [5, 5.41) is 3.04. The van der Waals surface area contributed by atoms with Gasteiger partial charge in [0.1, 0.15) is 0 Å². The van der Waals surface area contributed by atoms with Crippen molar-refractivity contribution < 1.29 is 19.1 Å². The van der Waals surface area contributed by atoms with E-state index in [2.05, 4.69) is 26.1 Å². The Bertz CT molecular complexity index is 888. The quantitative estimate of drug-likeness (QED) is 0.725. The van der Waals surface area contributed by atoms with Gasteiger partial charge in [0.05, 0.1) is 22.8 Å². The highest BCUT2D eigenvalue weighted by Gasteiger charge is 2.18. The molecule has 0 aliphatic heterocycles. The molecule has 0 atom stereocenters. The van der Waals surface area contributed by atoms with Gasteiger partial charge in [-0.15, -0.1) is 0 Å². The standard InChI is InChI=1S/C22H25ClN2O4/c1-22(2,3)16-11-9-15(10-12-16)21(28)29-14-20(27)25(4)13-19(26)24-18-8-6-5-7-17(18)23/h5-12H,13-14H2,1-4H3,(H,24,26). The Hall–Kier alpha value is -2.86. The molecule has 7 heteroatoms. The molecule has 0 spiro atoms. The number of carbonyl (C=O) groups is 3. The summed E-state index contributed by atoms with van der Waals surface area (Å²) >= 11 is 5.99. The number of amides is 2. The highest BCUT2D eigenvalue weighted by molar-refractivity contribution is 6.33. The van der Waals surface area contributed by atoms with Crippen LogP contribution in [0.25, 0.3) is 0 Å². The van der Waals surface area contributed by atoms with E-state index in [0.717, 1.165) is 5.56 Å². The summed E-state index contributed by atoms with van der Waals surface area (Å²) in [5.41, 5.74) is 1.90. The third-order valence-corrected chi connectivity index (χ3v) is 4.60. The number of likely N-dealkylation sites (N-methyl/N-ethyl adjacent to an activating group) is 1. The van der Waals surface area contributed by atoms with Crippen LogP contribution in [0.4, 0.5) is 5.69 Å². The fourth-order valence-electron chi connectivity index (χ4n) is 2.48. The number of nitrogens with zero attached hydrogens (tertiary/aromatic N) is 1. The number of carbonyl (C=O) groups excluding carboxylic acids is 3. The lowest BCUT2D eigenvalue weighted by Crippen LogP contribution is -2.37. The maximum absolute atomic E-state index is 12.2. The van der Waals surface area contributed by atoms with E-state index in [1.54, 1.807) is 36.4 Å². The molecule has 0 saturated carbocycles. The summed E-state index contributed by atoms with van der Waals surface area (Å²) in [5.74, 6) is -1.48. The molecule has 0 saturated heterocycles. The second kappa shape index (κ2) is 9.56. The first-order valence-corrected chi connectivity index (χ1v) is 9.51. The predicted molar refractivity (Wildman–Crippen MR) is 113 cm³/mol. The van der Waals surface area contributed by atoms with Crippen LogP contribution >= 0.6 is 11.6 Å². The van der Waals surface area contributed by atoms with Crippen molar-refractivity contribution in [3.8, 4) is 0 Å². The molecule has 0 unspecified atom stereocenters. The molecule has 0 bridgehead atoms. The van der Waals surface area contributed by atoms with Gasteiger partial charge in [-0.3, -0.25) is 9.59 Å². The molecule has 154 valence electrons. The number of anilines is 1. The summed E-state index contributed by atoms with van der Waals surface area (Å²) in [6.07, 6.45) is 0. The molecular weight excluding hydrogens is 392 g/mol. The van der Waals surface area contributed by atoms with E-state index in [0.29, 0.717) is 16.3 Å². The summed E-state index contributed by atoms with van der Waals surface area (Å²) in [4.78, 5) is 37.6. The number of rotatable bonds is 6. The van der Waals surface area contributed by atoms with E-state index in [-0.39, 0.29) is 12.0 Å². The van der Waals surface area contributed by atoms with Crippen molar-refractivity contribution in [2.75, 3.05) is 25.5 Å². The normalized spacial score (nSPS) is 10.9. The molecular formula is C22H25ClN2O4. The Morgan fingerprint density at radius 1 is 1.03 bits per heavy atom. The highest BCUT2D eigenvalue weighted by Crippen LogP contribution is 2.22. The lowest BCUT2D eigenvalue weighted by atomic mass is 9.87. The number of hydrogen-bond donors (Lipinski definition) is 1. The minimum absolute atomic E-state index is 0.0222. The first-order chi connectivity index (χ1) is 13.6. The van der Waals surface area contributed by atoms with Gasteiger partial charge >= 0.3 is 5.97 Å². The largest absolute Gasteiger partial charge is 0.452 e. The van der Waals surface area contributed by atoms with Crippen molar-refractivity contribution in [3.63, 3.8) is 0 Å². The van der Waals surface area contributed by atoms with Crippen LogP contribution < -0.4 is 5.32 Å². The van der Waals surface area contributed by atoms with Crippen molar-refractivity contribution in [3.05, 3.63) is 64.7 Å². The van der Waals surface area contributed by atoms with E-state index in [9.17, 15) is 14.4 Å². The molecule has 2 amide bonds. The van der Waals surface area contributed by atoms with Gasteiger partial charge in [0.25, 0.3) is 5.91 Å². The fraction of sp³-hybridized carbons (Fsp3) is 0.318. The van der Waals surface area contributed by atoms with E-state index in [4.69, 9.17) is 16.3 Å². The smallest absolute Gasteiger partial charge is 0.338 e. The number of para-hydroxylation sites is 1. The van der Waals surface area contributed by atoms with Crippen LogP contribution in [0.2, 0.25) is 5.02 Å². The van der Waals surface area contributed by atoms with Gasteiger partial charge in [-0.2, -0.15) is 0 Å². The molecule has 2 aromatic rings. The summed E-state index contributed by atoms with van der Waals surface area (Å²) < 4.78 is 5.07. The van der Waals surface area contributed by atoms with Crippen LogP contribution in [0.3, 0.4) is 0 Å². The van der Waals surface area contributed by atoms with Crippen molar-refractivity contribution in [2.24, 2.45) is 0 Å². The average Bonchev–Trinajstić information content (AvgIpc) is 2.67. The molecule has 0 radical (unpaired) electrons. The molecule has 0 aliphatic carbocycles. The van der Waals surface area contributed by atoms with Crippen molar-refractivity contribution in [1.82, 2.24) is 4.90 Å². The number of benzene rings is 2. The molecule has 0 aliphatic rings. The summed E-state index contributed by atoms with van der Waals surface area (Å²) in [6, 6.07) is 13.9. The molecule has 1 N–H and O–H groups in total. The Morgan fingerprint density at radius 3 is 2.24 bits per heavy atom. The zero-order valence-electron chi connectivity index (χ0n) is 17.0. The fourth-order valence-corrected chi connectivity index (χ4v) is 2.67. The van der Waals surface area contributed by atoms with Gasteiger partial charge in [-0.05, 0) is 35.2 Å². The summed E-state index contributed by atoms with van der Waals surface area (Å²) in [6.45, 7) is 5.60. The second-order valence-electron chi connectivity index (χ2n) is 7.68. The van der Waals surface area contributed by atoms with Gasteiger partial charge < -0.3 is 15.0 Å². The van der Waals surface area contributed by atoms with Gasteiger partial charge in [0, 0.05) is 7.05 Å². The number of hydrogen-bond acceptors (Lipinski definition) is 4. The summed E-state index contributed by atoms with van der Waals surface area (Å²) in [7, 11) is 1.46. The molecule has 29 heavy (non-hydrogen) atoms. The van der Waals surface area contributed by atoms with Gasteiger partial charge in [0.2, 0.25) is 5.91 Å². The maximum Gasteiger partial charge on any atom is 0.338 e. The predicted octanol–water partition coefficient (Wildman–Crippen LogP) is 3.89. The lowest BCUT2D eigenvalue weighted by molar-refractivity contribution is -0.136. The zero-order chi connectivity index (χ0) is 21.6. The molecule has 2 aromatic carbocycles. The van der Waals surface area contributed by atoms with E-state index >= 15 is 0 Å². The molecule has 0 aromatic heterocycles. The monoisotopic (exact) mass is 416 g/mol. The number of halogens is 1. The molecule has 2 rings (SSSR count). The van der Waals surface area contributed by atoms with Crippen LogP contribution in [-0.4, -0.2) is 42.9 Å². The number of esters is 1. The second-order valence-corrected chi connectivity index (χ2v) is 8.09. The van der Waals surface area contributed by atoms with Crippen LogP contribution in [0.1, 0.15) is 36.7 Å². The van der Waals surface area contributed by atoms with Crippen molar-refractivity contribution >= 4 is 35.1 Å². The Labute approximate surface area is 175 Å². The Kier molecular flexibility index (Phi) is 7.40. The Balaban J connectivity index is 1.84. The van der Waals surface area contributed by atoms with Crippen LogP contribution in [0, 0.1) is 0 Å². The first kappa shape index (κ1) is 22.4. The Morgan fingerprint density at radius 2 is 1.66 bits per heavy atom. The topological polar surface area (TPSA) is 75.7 Å². The SMILES string of the molecule is CN(CC(=O)Nc1ccccc1Cl)C(=O)COC(=O)c1ccc(C(C)(C)C)cc1. The van der Waals surface area contributed by atoms with Gasteiger partial charge in [-0.1, -0.05) is 56.6 Å². The van der Waals surface area contributed by atoms with Crippen molar-refractivity contribution in [1.29, 1.82) is 0 Å². The highest BCUT2D eigenvalue weighted by atomic mass is 35.5. The maximum atomic E-state index is 12.2. The first-order valence-electron chi connectivity index (χ1n) is 9.14. The minimum Gasteiger partial charge on any atom is -0.452 e.